The molecule has 13 heteroatoms. The van der Waals surface area contributed by atoms with Gasteiger partial charge in [0, 0.05) is 17.7 Å². The number of aliphatic hydroxyl groups excluding tert-OH is 4. The van der Waals surface area contributed by atoms with Crippen LogP contribution in [-0.2, 0) is 4.74 Å². The van der Waals surface area contributed by atoms with Gasteiger partial charge < -0.3 is 59.8 Å². The van der Waals surface area contributed by atoms with Crippen LogP contribution in [0.15, 0.2) is 33.5 Å². The molecule has 1 fully saturated rings. The molecule has 0 saturated carbocycles. The molecule has 0 radical (unpaired) electrons. The van der Waals surface area contributed by atoms with Crippen LogP contribution in [0.4, 0.5) is 0 Å². The van der Waals surface area contributed by atoms with E-state index in [-0.39, 0.29) is 11.1 Å². The van der Waals surface area contributed by atoms with Crippen LogP contribution < -0.4 is 10.2 Å². The highest BCUT2D eigenvalue weighted by Gasteiger charge is 2.45. The fourth-order valence-corrected chi connectivity index (χ4v) is 3.58. The van der Waals surface area contributed by atoms with E-state index >= 15 is 0 Å². The molecule has 1 aromatic heterocycles. The van der Waals surface area contributed by atoms with Crippen molar-refractivity contribution in [3.63, 3.8) is 0 Å². The Hall–Kier alpha value is -3.75. The standard InChI is InChI=1S/C21H20O13/c22-5-12-15(28)17(30)18(31)21(33-12)34-20-16(29)13-8(24)3-7(23)4-11(13)32-19(20)6-1-9(25)14(27)10(26)2-6/h1-4,12,15,17-18,21-28,30-31H,5H2/t12-,15+,17-,18-,21+/m1/s1. The maximum absolute atomic E-state index is 13.3. The smallest absolute Gasteiger partial charge is 0.239 e. The van der Waals surface area contributed by atoms with Gasteiger partial charge in [-0.3, -0.25) is 4.79 Å². The SMILES string of the molecule is O=c1c(O[C@@H]2O[C@H](CO)[C@H](O)[C@@H](O)[C@H]2O)c(-c2cc(O)c(O)c(O)c2)oc2cc(O)cc(O)c12. The Morgan fingerprint density at radius 2 is 1.50 bits per heavy atom. The molecule has 0 bridgehead atoms. The number of rotatable bonds is 4. The number of aromatic hydroxyl groups is 5. The predicted octanol–water partition coefficient (Wildman–Crippen LogP) is -0.833. The van der Waals surface area contributed by atoms with Gasteiger partial charge in [0.1, 0.15) is 46.9 Å². The first-order chi connectivity index (χ1) is 16.0. The van der Waals surface area contributed by atoms with E-state index in [2.05, 4.69) is 0 Å². The molecule has 13 nitrogen and oxygen atoms in total. The maximum atomic E-state index is 13.3. The van der Waals surface area contributed by atoms with E-state index in [0.29, 0.717) is 0 Å². The van der Waals surface area contributed by atoms with Crippen molar-refractivity contribution < 1.29 is 59.8 Å². The van der Waals surface area contributed by atoms with Gasteiger partial charge in [0.2, 0.25) is 17.5 Å². The summed E-state index contributed by atoms with van der Waals surface area (Å²) in [6.07, 6.45) is -8.64. The summed E-state index contributed by atoms with van der Waals surface area (Å²) in [5.41, 5.74) is -1.59. The van der Waals surface area contributed by atoms with Crippen LogP contribution in [0.3, 0.4) is 0 Å². The zero-order valence-electron chi connectivity index (χ0n) is 17.1. The zero-order valence-corrected chi connectivity index (χ0v) is 17.1. The molecule has 1 aliphatic rings. The van der Waals surface area contributed by atoms with Gasteiger partial charge in [-0.05, 0) is 12.1 Å². The van der Waals surface area contributed by atoms with Gasteiger partial charge in [0.25, 0.3) is 0 Å². The van der Waals surface area contributed by atoms with Gasteiger partial charge in [-0.2, -0.15) is 0 Å². The van der Waals surface area contributed by atoms with E-state index in [1.54, 1.807) is 0 Å². The van der Waals surface area contributed by atoms with Crippen molar-refractivity contribution in [3.8, 4) is 45.8 Å². The number of hydrogen-bond donors (Lipinski definition) is 9. The molecule has 4 rings (SSSR count). The second-order valence-electron chi connectivity index (χ2n) is 7.61. The average Bonchev–Trinajstić information content (AvgIpc) is 2.78. The number of phenols is 5. The number of fused-ring (bicyclic) bond motifs is 1. The second-order valence-corrected chi connectivity index (χ2v) is 7.61. The number of aliphatic hydroxyl groups is 4. The fraction of sp³-hybridized carbons (Fsp3) is 0.286. The third kappa shape index (κ3) is 3.81. The minimum atomic E-state index is -1.91. The van der Waals surface area contributed by atoms with E-state index in [4.69, 9.17) is 13.9 Å². The van der Waals surface area contributed by atoms with Crippen LogP contribution in [0, 0.1) is 0 Å². The molecule has 2 heterocycles. The first kappa shape index (κ1) is 23.4. The molecule has 3 aromatic rings. The van der Waals surface area contributed by atoms with Crippen molar-refractivity contribution in [3.05, 3.63) is 34.5 Å². The molecule has 5 atom stereocenters. The quantitative estimate of drug-likeness (QED) is 0.208. The Morgan fingerprint density at radius 1 is 0.853 bits per heavy atom. The summed E-state index contributed by atoms with van der Waals surface area (Å²) in [5.74, 6) is -4.83. The van der Waals surface area contributed by atoms with Gasteiger partial charge in [-0.1, -0.05) is 0 Å². The van der Waals surface area contributed by atoms with Gasteiger partial charge in [-0.25, -0.2) is 0 Å². The first-order valence-corrected chi connectivity index (χ1v) is 9.78. The van der Waals surface area contributed by atoms with Crippen molar-refractivity contribution in [1.29, 1.82) is 0 Å². The highest BCUT2D eigenvalue weighted by atomic mass is 16.7. The average molecular weight is 480 g/mol. The molecule has 0 unspecified atom stereocenters. The highest BCUT2D eigenvalue weighted by molar-refractivity contribution is 5.88. The van der Waals surface area contributed by atoms with Crippen molar-refractivity contribution in [2.45, 2.75) is 30.7 Å². The first-order valence-electron chi connectivity index (χ1n) is 9.78. The lowest BCUT2D eigenvalue weighted by atomic mass is 9.99. The lowest BCUT2D eigenvalue weighted by Gasteiger charge is -2.39. The molecular weight excluding hydrogens is 460 g/mol. The van der Waals surface area contributed by atoms with E-state index in [1.165, 1.54) is 0 Å². The van der Waals surface area contributed by atoms with Crippen LogP contribution in [0.2, 0.25) is 0 Å². The lowest BCUT2D eigenvalue weighted by Crippen LogP contribution is -2.60. The summed E-state index contributed by atoms with van der Waals surface area (Å²) in [7, 11) is 0. The number of hydrogen-bond acceptors (Lipinski definition) is 13. The molecule has 34 heavy (non-hydrogen) atoms. The van der Waals surface area contributed by atoms with Crippen molar-refractivity contribution in [2.75, 3.05) is 6.61 Å². The number of benzene rings is 2. The van der Waals surface area contributed by atoms with Gasteiger partial charge in [-0.15, -0.1) is 0 Å². The Morgan fingerprint density at radius 3 is 2.12 bits per heavy atom. The minimum Gasteiger partial charge on any atom is -0.508 e. The van der Waals surface area contributed by atoms with Gasteiger partial charge in [0.15, 0.2) is 23.0 Å². The molecule has 182 valence electrons. The van der Waals surface area contributed by atoms with Crippen molar-refractivity contribution in [2.24, 2.45) is 0 Å². The molecular formula is C21H20O13. The zero-order chi connectivity index (χ0) is 24.9. The second kappa shape index (κ2) is 8.55. The summed E-state index contributed by atoms with van der Waals surface area (Å²) in [4.78, 5) is 13.3. The summed E-state index contributed by atoms with van der Waals surface area (Å²) in [6, 6.07) is 3.66. The Balaban J connectivity index is 1.94. The maximum Gasteiger partial charge on any atom is 0.239 e. The normalized spacial score (nSPS) is 24.9. The van der Waals surface area contributed by atoms with Crippen molar-refractivity contribution >= 4 is 11.0 Å². The summed E-state index contributed by atoms with van der Waals surface area (Å²) >= 11 is 0. The summed E-state index contributed by atoms with van der Waals surface area (Å²) < 4.78 is 16.3. The van der Waals surface area contributed by atoms with Gasteiger partial charge in [0.05, 0.1) is 6.61 Å². The van der Waals surface area contributed by atoms with Gasteiger partial charge >= 0.3 is 0 Å². The van der Waals surface area contributed by atoms with Crippen LogP contribution in [0.5, 0.6) is 34.5 Å². The molecule has 1 saturated heterocycles. The Bertz CT molecular complexity index is 1280. The van der Waals surface area contributed by atoms with Crippen LogP contribution in [0.1, 0.15) is 0 Å². The molecule has 0 amide bonds. The highest BCUT2D eigenvalue weighted by Crippen LogP contribution is 2.43. The monoisotopic (exact) mass is 480 g/mol. The minimum absolute atomic E-state index is 0.214. The van der Waals surface area contributed by atoms with E-state index < -0.39 is 88.4 Å². The topological polar surface area (TPSA) is 231 Å². The third-order valence-corrected chi connectivity index (χ3v) is 5.33. The Kier molecular flexibility index (Phi) is 5.89. The number of ether oxygens (including phenoxy) is 2. The van der Waals surface area contributed by atoms with E-state index in [1.807, 2.05) is 0 Å². The Labute approximate surface area is 189 Å². The number of phenolic OH excluding ortho intramolecular Hbond substituents is 5. The molecule has 0 spiro atoms. The predicted molar refractivity (Wildman–Crippen MR) is 111 cm³/mol. The van der Waals surface area contributed by atoms with Crippen LogP contribution in [-0.4, -0.2) is 83.3 Å². The van der Waals surface area contributed by atoms with E-state index in [0.717, 1.165) is 24.3 Å². The van der Waals surface area contributed by atoms with Crippen LogP contribution >= 0.6 is 0 Å². The lowest BCUT2D eigenvalue weighted by molar-refractivity contribution is -0.277. The molecule has 0 aliphatic carbocycles. The van der Waals surface area contributed by atoms with Crippen LogP contribution in [0.25, 0.3) is 22.3 Å². The molecule has 9 N–H and O–H groups in total. The summed E-state index contributed by atoms with van der Waals surface area (Å²) in [6.45, 7) is -0.774. The molecule has 1 aliphatic heterocycles. The summed E-state index contributed by atoms with van der Waals surface area (Å²) in [5, 5.41) is 88.6. The largest absolute Gasteiger partial charge is 0.508 e. The van der Waals surface area contributed by atoms with Crippen molar-refractivity contribution in [1.82, 2.24) is 0 Å². The fourth-order valence-electron chi connectivity index (χ4n) is 3.58. The third-order valence-electron chi connectivity index (χ3n) is 5.33. The van der Waals surface area contributed by atoms with E-state index in [9.17, 15) is 50.8 Å². The molecule has 2 aromatic carbocycles.